The molecule has 0 unspecified atom stereocenters. The molecule has 0 aliphatic heterocycles. The van der Waals surface area contributed by atoms with E-state index in [2.05, 4.69) is 4.74 Å². The summed E-state index contributed by atoms with van der Waals surface area (Å²) in [5.41, 5.74) is -0.143. The second-order valence-electron chi connectivity index (χ2n) is 7.63. The maximum absolute atomic E-state index is 11.6. The number of para-hydroxylation sites is 1. The highest BCUT2D eigenvalue weighted by Crippen LogP contribution is 2.26. The number of esters is 2. The second-order valence-corrected chi connectivity index (χ2v) is 7.63. The number of phenols is 3. The highest BCUT2D eigenvalue weighted by Gasteiger charge is 2.23. The highest BCUT2D eigenvalue weighted by atomic mass is 16.5. The molecule has 3 aromatic rings. The first kappa shape index (κ1) is 32.0. The summed E-state index contributed by atoms with van der Waals surface area (Å²) in [6.07, 6.45) is 0.320. The minimum absolute atomic E-state index is 0.0333. The summed E-state index contributed by atoms with van der Waals surface area (Å²) < 4.78 is 9.21. The summed E-state index contributed by atoms with van der Waals surface area (Å²) >= 11 is 0. The average Bonchev–Trinajstić information content (AvgIpc) is 2.90. The van der Waals surface area contributed by atoms with E-state index in [1.165, 1.54) is 31.2 Å². The van der Waals surface area contributed by atoms with Crippen LogP contribution in [0.4, 0.5) is 0 Å². The molecule has 5 N–H and O–H groups in total. The fourth-order valence-electron chi connectivity index (χ4n) is 3.30. The first-order chi connectivity index (χ1) is 18.4. The third-order valence-corrected chi connectivity index (χ3v) is 5.16. The lowest BCUT2D eigenvalue weighted by molar-refractivity contribution is 0.0513. The summed E-state index contributed by atoms with van der Waals surface area (Å²) in [6.45, 7) is 4.93. The van der Waals surface area contributed by atoms with Crippen molar-refractivity contribution in [1.82, 2.24) is 0 Å². The van der Waals surface area contributed by atoms with Crippen LogP contribution in [0, 0.1) is 6.92 Å². The van der Waals surface area contributed by atoms with Crippen LogP contribution in [0.1, 0.15) is 66.4 Å². The van der Waals surface area contributed by atoms with Gasteiger partial charge in [-0.1, -0.05) is 25.1 Å². The third kappa shape index (κ3) is 8.78. The van der Waals surface area contributed by atoms with Crippen LogP contribution >= 0.6 is 0 Å². The molecule has 0 radical (unpaired) electrons. The van der Waals surface area contributed by atoms with E-state index in [0.29, 0.717) is 12.2 Å². The molecule has 0 aliphatic carbocycles. The number of ether oxygens (including phenoxy) is 2. The van der Waals surface area contributed by atoms with Crippen LogP contribution in [0.15, 0.2) is 54.6 Å². The number of hydrogen-bond donors (Lipinski definition) is 5. The minimum atomic E-state index is -1.27. The highest BCUT2D eigenvalue weighted by molar-refractivity contribution is 6.04. The van der Waals surface area contributed by atoms with Crippen LogP contribution < -0.4 is 0 Å². The fraction of sp³-hybridized carbons (Fsp3) is 0.214. The number of rotatable bonds is 6. The van der Waals surface area contributed by atoms with Gasteiger partial charge in [-0.05, 0) is 56.7 Å². The monoisotopic (exact) mass is 542 g/mol. The Balaban J connectivity index is 0.000000315. The lowest BCUT2D eigenvalue weighted by Crippen LogP contribution is -2.14. The van der Waals surface area contributed by atoms with Gasteiger partial charge in [0.1, 0.15) is 17.2 Å². The lowest BCUT2D eigenvalue weighted by atomic mass is 9.98. The molecule has 0 aliphatic rings. The van der Waals surface area contributed by atoms with Crippen molar-refractivity contribution in [1.29, 1.82) is 0 Å². The van der Waals surface area contributed by atoms with Gasteiger partial charge in [0.05, 0.1) is 36.0 Å². The van der Waals surface area contributed by atoms with Crippen molar-refractivity contribution >= 4 is 23.9 Å². The Labute approximate surface area is 224 Å². The summed E-state index contributed by atoms with van der Waals surface area (Å²) in [5, 5.41) is 45.5. The van der Waals surface area contributed by atoms with Crippen molar-refractivity contribution in [2.75, 3.05) is 13.7 Å². The topological polar surface area (TPSA) is 188 Å². The summed E-state index contributed by atoms with van der Waals surface area (Å²) in [7, 11) is 1.16. The maximum Gasteiger partial charge on any atom is 0.339 e. The van der Waals surface area contributed by atoms with Gasteiger partial charge in [-0.2, -0.15) is 0 Å². The van der Waals surface area contributed by atoms with Crippen molar-refractivity contribution in [3.63, 3.8) is 0 Å². The molecule has 3 rings (SSSR count). The molecule has 11 nitrogen and oxygen atoms in total. The molecule has 0 spiro atoms. The van der Waals surface area contributed by atoms with Gasteiger partial charge in [-0.15, -0.1) is 0 Å². The molecule has 0 heterocycles. The van der Waals surface area contributed by atoms with E-state index >= 15 is 0 Å². The number of carbonyl (C=O) groups is 4. The Kier molecular flexibility index (Phi) is 12.5. The van der Waals surface area contributed by atoms with Crippen LogP contribution in [0.5, 0.6) is 17.2 Å². The SMILES string of the molecule is CCOC(=O)c1ccc(O)c(CC)c1C(=O)O.COC(=O)c1ccc(O)c(C)c1C(=O)O.Oc1ccccc1. The molecular weight excluding hydrogens is 512 g/mol. The van der Waals surface area contributed by atoms with E-state index < -0.39 is 23.9 Å². The van der Waals surface area contributed by atoms with Gasteiger partial charge in [0, 0.05) is 11.1 Å². The standard InChI is InChI=1S/C12H14O5.C10H10O5.C6H6O/c1-3-7-9(13)6-5-8(10(7)11(14)15)12(16)17-4-2;1-5-7(11)4-3-6(10(14)15-2)8(5)9(12)13;7-6-4-2-1-3-5-6/h5-6,13H,3-4H2,1-2H3,(H,14,15);3-4,11H,1-2H3,(H,12,13);1-5,7H. The minimum Gasteiger partial charge on any atom is -0.508 e. The Morgan fingerprint density at radius 3 is 1.64 bits per heavy atom. The number of hydrogen-bond acceptors (Lipinski definition) is 9. The molecule has 0 bridgehead atoms. The number of carbonyl (C=O) groups excluding carboxylic acids is 2. The number of aromatic carboxylic acids is 2. The Hall–Kier alpha value is -5.06. The van der Waals surface area contributed by atoms with Gasteiger partial charge < -0.3 is 35.0 Å². The van der Waals surface area contributed by atoms with E-state index in [9.17, 15) is 29.4 Å². The predicted octanol–water partition coefficient (Wildman–Crippen LogP) is 4.41. The maximum atomic E-state index is 11.6. The molecular formula is C28H30O11. The number of methoxy groups -OCH3 is 1. The van der Waals surface area contributed by atoms with Crippen molar-refractivity contribution < 1.29 is 54.2 Å². The zero-order valence-corrected chi connectivity index (χ0v) is 21.8. The van der Waals surface area contributed by atoms with Gasteiger partial charge >= 0.3 is 23.9 Å². The number of aromatic hydroxyl groups is 3. The summed E-state index contributed by atoms with van der Waals surface area (Å²) in [5.74, 6) is -3.93. The zero-order valence-electron chi connectivity index (χ0n) is 21.8. The Bertz CT molecular complexity index is 1310. The molecule has 0 fully saturated rings. The van der Waals surface area contributed by atoms with E-state index in [1.807, 2.05) is 6.07 Å². The summed E-state index contributed by atoms with van der Waals surface area (Å²) in [6, 6.07) is 13.8. The molecule has 0 amide bonds. The average molecular weight is 543 g/mol. The van der Waals surface area contributed by atoms with Gasteiger partial charge in [0.25, 0.3) is 0 Å². The van der Waals surface area contributed by atoms with Crippen molar-refractivity contribution in [2.45, 2.75) is 27.2 Å². The zero-order chi connectivity index (χ0) is 29.7. The van der Waals surface area contributed by atoms with E-state index in [0.717, 1.165) is 7.11 Å². The smallest absolute Gasteiger partial charge is 0.339 e. The lowest BCUT2D eigenvalue weighted by Gasteiger charge is -2.11. The van der Waals surface area contributed by atoms with Crippen molar-refractivity contribution in [3.05, 3.63) is 88.0 Å². The number of carboxylic acids is 2. The Morgan fingerprint density at radius 1 is 0.718 bits per heavy atom. The number of benzene rings is 3. The van der Waals surface area contributed by atoms with Gasteiger partial charge in [-0.3, -0.25) is 0 Å². The molecule has 0 saturated carbocycles. The van der Waals surface area contributed by atoms with Gasteiger partial charge in [0.2, 0.25) is 0 Å². The Morgan fingerprint density at radius 2 is 1.23 bits per heavy atom. The molecule has 208 valence electrons. The molecule has 0 saturated heterocycles. The molecule has 0 aromatic heterocycles. The van der Waals surface area contributed by atoms with Gasteiger partial charge in [0.15, 0.2) is 0 Å². The molecule has 0 atom stereocenters. The van der Waals surface area contributed by atoms with Crippen molar-refractivity contribution in [2.24, 2.45) is 0 Å². The van der Waals surface area contributed by atoms with Crippen molar-refractivity contribution in [3.8, 4) is 17.2 Å². The van der Waals surface area contributed by atoms with Crippen LogP contribution in [-0.2, 0) is 15.9 Å². The first-order valence-corrected chi connectivity index (χ1v) is 11.5. The second kappa shape index (κ2) is 15.3. The van der Waals surface area contributed by atoms with E-state index in [-0.39, 0.29) is 51.5 Å². The van der Waals surface area contributed by atoms with Gasteiger partial charge in [-0.25, -0.2) is 19.2 Å². The largest absolute Gasteiger partial charge is 0.508 e. The first-order valence-electron chi connectivity index (χ1n) is 11.5. The van der Waals surface area contributed by atoms with Crippen LogP contribution in [0.2, 0.25) is 0 Å². The van der Waals surface area contributed by atoms with Crippen LogP contribution in [0.3, 0.4) is 0 Å². The quantitative estimate of drug-likeness (QED) is 0.278. The van der Waals surface area contributed by atoms with E-state index in [4.69, 9.17) is 20.1 Å². The number of phenolic OH excluding ortho intramolecular Hbond substituents is 3. The molecule has 3 aromatic carbocycles. The normalized spacial score (nSPS) is 9.64. The van der Waals surface area contributed by atoms with E-state index in [1.54, 1.807) is 38.1 Å². The van der Waals surface area contributed by atoms with Crippen LogP contribution in [0.25, 0.3) is 0 Å². The summed E-state index contributed by atoms with van der Waals surface area (Å²) in [4.78, 5) is 44.9. The van der Waals surface area contributed by atoms with Crippen LogP contribution in [-0.4, -0.2) is 63.1 Å². The fourth-order valence-corrected chi connectivity index (χ4v) is 3.30. The molecule has 11 heteroatoms. The molecule has 39 heavy (non-hydrogen) atoms. The number of carboxylic acid groups (broad SMARTS) is 2. The third-order valence-electron chi connectivity index (χ3n) is 5.16. The predicted molar refractivity (Wildman–Crippen MR) is 140 cm³/mol.